The zero-order valence-electron chi connectivity index (χ0n) is 9.59. The Labute approximate surface area is 107 Å². The van der Waals surface area contributed by atoms with Gasteiger partial charge in [0.2, 0.25) is 0 Å². The molecule has 0 saturated carbocycles. The van der Waals surface area contributed by atoms with Crippen LogP contribution in [0.4, 0.5) is 18.9 Å². The molecule has 1 aliphatic heterocycles. The number of pyridine rings is 1. The maximum atomic E-state index is 12.4. The lowest BCUT2D eigenvalue weighted by Crippen LogP contribution is -2.40. The highest BCUT2D eigenvalue weighted by Crippen LogP contribution is 2.29. The van der Waals surface area contributed by atoms with Crippen LogP contribution in [0.25, 0.3) is 0 Å². The molecule has 1 aromatic heterocycles. The summed E-state index contributed by atoms with van der Waals surface area (Å²) < 4.78 is 37.2. The number of allylic oxidation sites excluding steroid dienone is 2. The zero-order valence-corrected chi connectivity index (χ0v) is 9.59. The second-order valence-electron chi connectivity index (χ2n) is 3.73. The Bertz CT molecular complexity index is 540. The summed E-state index contributed by atoms with van der Waals surface area (Å²) in [6, 6.07) is 2.22. The molecule has 2 rings (SSSR count). The van der Waals surface area contributed by atoms with Crippen LogP contribution in [-0.4, -0.2) is 11.1 Å². The molecule has 0 aliphatic carbocycles. The fourth-order valence-corrected chi connectivity index (χ4v) is 1.63. The average Bonchev–Trinajstić information content (AvgIpc) is 2.39. The van der Waals surface area contributed by atoms with Crippen LogP contribution < -0.4 is 10.2 Å². The van der Waals surface area contributed by atoms with Gasteiger partial charge >= 0.3 is 6.18 Å². The van der Waals surface area contributed by atoms with Gasteiger partial charge < -0.3 is 4.90 Å². The number of anilines is 1. The van der Waals surface area contributed by atoms with E-state index in [9.17, 15) is 13.2 Å². The van der Waals surface area contributed by atoms with Gasteiger partial charge in [-0.05, 0) is 24.3 Å². The van der Waals surface area contributed by atoms with Crippen molar-refractivity contribution in [3.8, 4) is 6.19 Å². The lowest BCUT2D eigenvalue weighted by atomic mass is 10.2. The molecule has 0 radical (unpaired) electrons. The summed E-state index contributed by atoms with van der Waals surface area (Å²) in [6.45, 7) is 0. The topological polar surface area (TPSA) is 52.0 Å². The number of hydrogen-bond donors (Lipinski definition) is 1. The first-order chi connectivity index (χ1) is 9.02. The fourth-order valence-electron chi connectivity index (χ4n) is 1.63. The second-order valence-corrected chi connectivity index (χ2v) is 3.73. The molecular formula is C12H9F3N4. The van der Waals surface area contributed by atoms with Crippen molar-refractivity contribution in [2.75, 3.05) is 4.90 Å². The third-order valence-corrected chi connectivity index (χ3v) is 2.50. The standard InChI is InChI=1S/C12H9F3N4/c13-12(14,15)10-5-4-9(7-17-10)19-6-2-1-3-11(19)18-8-16/h1-7,11,18H. The van der Waals surface area contributed by atoms with E-state index < -0.39 is 18.0 Å². The fraction of sp³-hybridized carbons (Fsp3) is 0.167. The molecule has 0 saturated heterocycles. The minimum atomic E-state index is -4.46. The number of alkyl halides is 3. The Balaban J connectivity index is 2.24. The van der Waals surface area contributed by atoms with Crippen LogP contribution >= 0.6 is 0 Å². The highest BCUT2D eigenvalue weighted by atomic mass is 19.4. The summed E-state index contributed by atoms with van der Waals surface area (Å²) in [5.41, 5.74) is -0.487. The minimum absolute atomic E-state index is 0.437. The van der Waals surface area contributed by atoms with E-state index in [1.165, 1.54) is 6.07 Å². The van der Waals surface area contributed by atoms with Crippen molar-refractivity contribution in [1.82, 2.24) is 10.3 Å². The normalized spacial score (nSPS) is 18.2. The monoisotopic (exact) mass is 266 g/mol. The number of aromatic nitrogens is 1. The van der Waals surface area contributed by atoms with Gasteiger partial charge in [-0.1, -0.05) is 6.08 Å². The van der Waals surface area contributed by atoms with Crippen LogP contribution in [0.3, 0.4) is 0 Å². The Kier molecular flexibility index (Phi) is 3.42. The molecule has 1 N–H and O–H groups in total. The van der Waals surface area contributed by atoms with Gasteiger partial charge in [0.05, 0.1) is 11.9 Å². The van der Waals surface area contributed by atoms with Crippen molar-refractivity contribution in [2.45, 2.75) is 12.3 Å². The van der Waals surface area contributed by atoms with Crippen LogP contribution in [0.2, 0.25) is 0 Å². The lowest BCUT2D eigenvalue weighted by molar-refractivity contribution is -0.141. The number of hydrogen-bond acceptors (Lipinski definition) is 4. The van der Waals surface area contributed by atoms with Crippen molar-refractivity contribution in [2.24, 2.45) is 0 Å². The van der Waals surface area contributed by atoms with E-state index in [0.29, 0.717) is 5.69 Å². The molecule has 19 heavy (non-hydrogen) atoms. The molecule has 1 atom stereocenters. The molecule has 0 amide bonds. The van der Waals surface area contributed by atoms with E-state index >= 15 is 0 Å². The summed E-state index contributed by atoms with van der Waals surface area (Å²) >= 11 is 0. The SMILES string of the molecule is N#CNC1C=CC=CN1c1ccc(C(F)(F)F)nc1. The number of nitriles is 1. The maximum Gasteiger partial charge on any atom is 0.433 e. The maximum absolute atomic E-state index is 12.4. The predicted molar refractivity (Wildman–Crippen MR) is 62.5 cm³/mol. The minimum Gasteiger partial charge on any atom is -0.322 e. The van der Waals surface area contributed by atoms with Crippen LogP contribution in [0.1, 0.15) is 5.69 Å². The molecule has 0 aromatic carbocycles. The first-order valence-electron chi connectivity index (χ1n) is 5.33. The quantitative estimate of drug-likeness (QED) is 0.659. The molecule has 1 aliphatic rings. The molecule has 2 heterocycles. The average molecular weight is 266 g/mol. The summed E-state index contributed by atoms with van der Waals surface area (Å²) in [5, 5.41) is 11.1. The van der Waals surface area contributed by atoms with Gasteiger partial charge in [-0.3, -0.25) is 5.32 Å². The molecule has 7 heteroatoms. The predicted octanol–water partition coefficient (Wildman–Crippen LogP) is 2.39. The molecule has 1 aromatic rings. The van der Waals surface area contributed by atoms with Crippen molar-refractivity contribution in [3.63, 3.8) is 0 Å². The van der Waals surface area contributed by atoms with Gasteiger partial charge in [0.1, 0.15) is 11.9 Å². The third kappa shape index (κ3) is 2.85. The van der Waals surface area contributed by atoms with E-state index in [0.717, 1.165) is 12.3 Å². The first kappa shape index (κ1) is 13.0. The summed E-state index contributed by atoms with van der Waals surface area (Å²) in [5.74, 6) is 0. The number of halogens is 3. The van der Waals surface area contributed by atoms with Crippen LogP contribution in [0.5, 0.6) is 0 Å². The van der Waals surface area contributed by atoms with Crippen LogP contribution in [-0.2, 0) is 6.18 Å². The summed E-state index contributed by atoms with van der Waals surface area (Å²) in [4.78, 5) is 4.99. The van der Waals surface area contributed by atoms with E-state index in [4.69, 9.17) is 5.26 Å². The molecule has 0 fully saturated rings. The third-order valence-electron chi connectivity index (χ3n) is 2.50. The largest absolute Gasteiger partial charge is 0.433 e. The van der Waals surface area contributed by atoms with Gasteiger partial charge in [-0.25, -0.2) is 4.98 Å². The summed E-state index contributed by atoms with van der Waals surface area (Å²) in [7, 11) is 0. The van der Waals surface area contributed by atoms with Gasteiger partial charge in [0.25, 0.3) is 0 Å². The van der Waals surface area contributed by atoms with Crippen molar-refractivity contribution in [1.29, 1.82) is 5.26 Å². The Hall–Kier alpha value is -2.49. The number of rotatable bonds is 2. The highest BCUT2D eigenvalue weighted by molar-refractivity contribution is 5.52. The van der Waals surface area contributed by atoms with Gasteiger partial charge in [-0.2, -0.15) is 18.4 Å². The Morgan fingerprint density at radius 3 is 2.68 bits per heavy atom. The van der Waals surface area contributed by atoms with Crippen LogP contribution in [0, 0.1) is 11.5 Å². The molecule has 1 unspecified atom stereocenters. The van der Waals surface area contributed by atoms with Crippen molar-refractivity contribution >= 4 is 5.69 Å². The molecule has 98 valence electrons. The Morgan fingerprint density at radius 1 is 1.32 bits per heavy atom. The van der Waals surface area contributed by atoms with E-state index in [1.54, 1.807) is 35.5 Å². The van der Waals surface area contributed by atoms with Gasteiger partial charge in [-0.15, -0.1) is 0 Å². The number of nitrogens with one attached hydrogen (secondary N) is 1. The van der Waals surface area contributed by atoms with Gasteiger partial charge in [0, 0.05) is 6.20 Å². The van der Waals surface area contributed by atoms with Crippen LogP contribution in [0.15, 0.2) is 42.8 Å². The van der Waals surface area contributed by atoms with E-state index in [-0.39, 0.29) is 0 Å². The molecular weight excluding hydrogens is 257 g/mol. The zero-order chi connectivity index (χ0) is 13.9. The highest BCUT2D eigenvalue weighted by Gasteiger charge is 2.32. The number of nitrogens with zero attached hydrogens (tertiary/aromatic N) is 3. The van der Waals surface area contributed by atoms with E-state index in [1.807, 2.05) is 0 Å². The second kappa shape index (κ2) is 5.02. The lowest BCUT2D eigenvalue weighted by Gasteiger charge is -2.28. The Morgan fingerprint density at radius 2 is 2.11 bits per heavy atom. The van der Waals surface area contributed by atoms with Gasteiger partial charge in [0.15, 0.2) is 6.19 Å². The summed E-state index contributed by atoms with van der Waals surface area (Å²) in [6.07, 6.45) is 4.84. The molecule has 0 bridgehead atoms. The smallest absolute Gasteiger partial charge is 0.322 e. The first-order valence-corrected chi connectivity index (χ1v) is 5.33. The van der Waals surface area contributed by atoms with Crippen molar-refractivity contribution in [3.05, 3.63) is 48.5 Å². The van der Waals surface area contributed by atoms with Crippen molar-refractivity contribution < 1.29 is 13.2 Å². The van der Waals surface area contributed by atoms with E-state index in [2.05, 4.69) is 10.3 Å². The molecule has 4 nitrogen and oxygen atoms in total. The molecule has 0 spiro atoms.